The quantitative estimate of drug-likeness (QED) is 0.509. The van der Waals surface area contributed by atoms with E-state index in [2.05, 4.69) is 61.4 Å². The van der Waals surface area contributed by atoms with Crippen LogP contribution in [0.4, 0.5) is 5.69 Å². The maximum Gasteiger partial charge on any atom is 0.115 e. The molecule has 4 atom stereocenters. The van der Waals surface area contributed by atoms with Crippen molar-refractivity contribution in [2.45, 2.75) is 51.4 Å². The van der Waals surface area contributed by atoms with Gasteiger partial charge in [0.25, 0.3) is 0 Å². The number of phenols is 1. The molecule has 3 aliphatic carbocycles. The fourth-order valence-corrected chi connectivity index (χ4v) is 6.55. The van der Waals surface area contributed by atoms with E-state index in [1.807, 2.05) is 18.3 Å². The van der Waals surface area contributed by atoms with Gasteiger partial charge in [0.2, 0.25) is 0 Å². The maximum atomic E-state index is 9.88. The molecule has 2 aromatic rings. The van der Waals surface area contributed by atoms with Gasteiger partial charge >= 0.3 is 0 Å². The molecule has 0 bridgehead atoms. The van der Waals surface area contributed by atoms with Crippen molar-refractivity contribution in [3.63, 3.8) is 0 Å². The molecule has 0 spiro atoms. The van der Waals surface area contributed by atoms with Crippen LogP contribution < -0.4 is 4.90 Å². The number of nitrogens with zero attached hydrogens (tertiary/aromatic N) is 3. The van der Waals surface area contributed by atoms with Gasteiger partial charge in [-0.25, -0.2) is 0 Å². The Kier molecular flexibility index (Phi) is 5.11. The molecule has 162 valence electrons. The largest absolute Gasteiger partial charge is 0.508 e. The number of phenolic OH excluding ortho intramolecular Hbond substituents is 1. The predicted molar refractivity (Wildman–Crippen MR) is 129 cm³/mol. The smallest absolute Gasteiger partial charge is 0.115 e. The first-order chi connectivity index (χ1) is 15.0. The molecule has 2 saturated carbocycles. The van der Waals surface area contributed by atoms with Gasteiger partial charge in [-0.2, -0.15) is 10.2 Å². The normalized spacial score (nSPS) is 30.8. The molecule has 3 aliphatic rings. The van der Waals surface area contributed by atoms with Crippen LogP contribution in [-0.4, -0.2) is 31.1 Å². The molecule has 31 heavy (non-hydrogen) atoms. The molecule has 0 aromatic heterocycles. The van der Waals surface area contributed by atoms with Crippen LogP contribution in [0.25, 0.3) is 0 Å². The Morgan fingerprint density at radius 2 is 1.84 bits per heavy atom. The molecule has 4 unspecified atom stereocenters. The fraction of sp³-hybridized carbons (Fsp3) is 0.481. The van der Waals surface area contributed by atoms with Crippen LogP contribution in [0.3, 0.4) is 0 Å². The minimum atomic E-state index is 0.182. The number of rotatable bonds is 3. The Morgan fingerprint density at radius 3 is 2.61 bits per heavy atom. The fourth-order valence-electron chi connectivity index (χ4n) is 6.55. The van der Waals surface area contributed by atoms with E-state index in [4.69, 9.17) is 5.10 Å². The Bertz CT molecular complexity index is 1020. The number of aryl methyl sites for hydroxylation is 1. The molecule has 1 N–H and O–H groups in total. The standard InChI is InChI=1S/C27H33N3O/c1-27-15-14-23-22-11-9-21(31)16-19(22)6-10-24(23)25(27)12-13-26(27)29-28-17-18-4-7-20(8-5-18)30(2)3/h4-5,7-9,11,16-17,23-25,31H,6,10,12-15H2,1-3H3/b28-17+,29-26+. The van der Waals surface area contributed by atoms with Gasteiger partial charge in [-0.15, -0.1) is 0 Å². The van der Waals surface area contributed by atoms with Gasteiger partial charge in [-0.3, -0.25) is 0 Å². The van der Waals surface area contributed by atoms with E-state index in [-0.39, 0.29) is 5.41 Å². The van der Waals surface area contributed by atoms with E-state index in [1.165, 1.54) is 48.2 Å². The molecule has 5 rings (SSSR count). The van der Waals surface area contributed by atoms with Crippen molar-refractivity contribution >= 4 is 17.6 Å². The molecule has 2 fully saturated rings. The van der Waals surface area contributed by atoms with E-state index in [0.717, 1.165) is 24.3 Å². The second-order valence-electron chi connectivity index (χ2n) is 10.1. The maximum absolute atomic E-state index is 9.88. The van der Waals surface area contributed by atoms with Crippen LogP contribution in [0.1, 0.15) is 61.6 Å². The summed E-state index contributed by atoms with van der Waals surface area (Å²) in [4.78, 5) is 2.10. The van der Waals surface area contributed by atoms with Crippen molar-refractivity contribution < 1.29 is 5.11 Å². The first-order valence-corrected chi connectivity index (χ1v) is 11.7. The molecule has 2 aromatic carbocycles. The highest BCUT2D eigenvalue weighted by molar-refractivity contribution is 5.93. The zero-order valence-corrected chi connectivity index (χ0v) is 18.9. The van der Waals surface area contributed by atoms with Crippen molar-refractivity contribution in [3.8, 4) is 5.75 Å². The Hall–Kier alpha value is -2.62. The molecular formula is C27H33N3O. The molecule has 0 aliphatic heterocycles. The summed E-state index contributed by atoms with van der Waals surface area (Å²) in [6.07, 6.45) is 8.91. The third kappa shape index (κ3) is 3.56. The van der Waals surface area contributed by atoms with Crippen LogP contribution in [-0.2, 0) is 6.42 Å². The first kappa shape index (κ1) is 20.3. The third-order valence-electron chi connectivity index (χ3n) is 8.25. The predicted octanol–water partition coefficient (Wildman–Crippen LogP) is 5.79. The molecule has 0 saturated heterocycles. The summed E-state index contributed by atoms with van der Waals surface area (Å²) in [5.74, 6) is 2.47. The lowest BCUT2D eigenvalue weighted by Crippen LogP contribution is -2.42. The van der Waals surface area contributed by atoms with Gasteiger partial charge < -0.3 is 10.0 Å². The SMILES string of the molecule is CN(C)c1ccc(/C=N/N=C2\CCC3C4CCc5cc(O)ccc5C4CCC23C)cc1. The lowest BCUT2D eigenvalue weighted by molar-refractivity contribution is 0.0955. The molecule has 4 nitrogen and oxygen atoms in total. The van der Waals surface area contributed by atoms with E-state index in [9.17, 15) is 5.11 Å². The van der Waals surface area contributed by atoms with Crippen molar-refractivity contribution in [1.82, 2.24) is 0 Å². The average Bonchev–Trinajstić information content (AvgIpc) is 3.10. The van der Waals surface area contributed by atoms with Crippen molar-refractivity contribution in [1.29, 1.82) is 0 Å². The number of hydrogen-bond donors (Lipinski definition) is 1. The Morgan fingerprint density at radius 1 is 1.03 bits per heavy atom. The summed E-state index contributed by atoms with van der Waals surface area (Å²) < 4.78 is 0. The van der Waals surface area contributed by atoms with Crippen LogP contribution in [0.5, 0.6) is 5.75 Å². The number of fused-ring (bicyclic) bond motifs is 5. The van der Waals surface area contributed by atoms with E-state index < -0.39 is 0 Å². The van der Waals surface area contributed by atoms with Crippen molar-refractivity contribution in [2.75, 3.05) is 19.0 Å². The highest BCUT2D eigenvalue weighted by Crippen LogP contribution is 2.60. The van der Waals surface area contributed by atoms with Gasteiger partial charge in [0.15, 0.2) is 0 Å². The molecule has 0 radical (unpaired) electrons. The zero-order chi connectivity index (χ0) is 21.6. The first-order valence-electron chi connectivity index (χ1n) is 11.7. The van der Waals surface area contributed by atoms with Crippen LogP contribution in [0.2, 0.25) is 0 Å². The Balaban J connectivity index is 1.34. The lowest BCUT2D eigenvalue weighted by Gasteiger charge is -2.49. The molecule has 4 heteroatoms. The van der Waals surface area contributed by atoms with Gasteiger partial charge in [-0.05, 0) is 97.2 Å². The highest BCUT2D eigenvalue weighted by atomic mass is 16.3. The van der Waals surface area contributed by atoms with Gasteiger partial charge in [-0.1, -0.05) is 25.1 Å². The summed E-state index contributed by atoms with van der Waals surface area (Å²) in [6.45, 7) is 2.44. The number of hydrogen-bond acceptors (Lipinski definition) is 4. The molecular weight excluding hydrogens is 382 g/mol. The average molecular weight is 416 g/mol. The lowest BCUT2D eigenvalue weighted by atomic mass is 9.55. The van der Waals surface area contributed by atoms with Gasteiger partial charge in [0, 0.05) is 30.9 Å². The van der Waals surface area contributed by atoms with Crippen LogP contribution in [0, 0.1) is 17.3 Å². The minimum absolute atomic E-state index is 0.182. The summed E-state index contributed by atoms with van der Waals surface area (Å²) >= 11 is 0. The van der Waals surface area contributed by atoms with Crippen molar-refractivity contribution in [2.24, 2.45) is 27.5 Å². The number of benzene rings is 2. The monoisotopic (exact) mass is 415 g/mol. The third-order valence-corrected chi connectivity index (χ3v) is 8.25. The van der Waals surface area contributed by atoms with E-state index in [1.54, 1.807) is 0 Å². The van der Waals surface area contributed by atoms with E-state index >= 15 is 0 Å². The minimum Gasteiger partial charge on any atom is -0.508 e. The second kappa shape index (κ2) is 7.81. The summed E-state index contributed by atoms with van der Waals surface area (Å²) in [5.41, 5.74) is 6.61. The number of anilines is 1. The number of aromatic hydroxyl groups is 1. The van der Waals surface area contributed by atoms with E-state index in [0.29, 0.717) is 17.6 Å². The van der Waals surface area contributed by atoms with Gasteiger partial charge in [0.1, 0.15) is 5.75 Å². The topological polar surface area (TPSA) is 48.2 Å². The molecule has 0 heterocycles. The van der Waals surface area contributed by atoms with Crippen LogP contribution >= 0.6 is 0 Å². The van der Waals surface area contributed by atoms with Gasteiger partial charge in [0.05, 0.1) is 6.21 Å². The highest BCUT2D eigenvalue weighted by Gasteiger charge is 2.53. The zero-order valence-electron chi connectivity index (χ0n) is 18.9. The molecule has 0 amide bonds. The van der Waals surface area contributed by atoms with Crippen LogP contribution in [0.15, 0.2) is 52.7 Å². The summed E-state index contributed by atoms with van der Waals surface area (Å²) in [5, 5.41) is 19.2. The Labute approximate surface area is 185 Å². The summed E-state index contributed by atoms with van der Waals surface area (Å²) in [7, 11) is 4.10. The second-order valence-corrected chi connectivity index (χ2v) is 10.1. The summed E-state index contributed by atoms with van der Waals surface area (Å²) in [6, 6.07) is 14.5. The van der Waals surface area contributed by atoms with Crippen molar-refractivity contribution in [3.05, 3.63) is 59.2 Å².